The van der Waals surface area contributed by atoms with Gasteiger partial charge in [0.25, 0.3) is 0 Å². The van der Waals surface area contributed by atoms with Crippen molar-refractivity contribution in [2.24, 2.45) is 5.92 Å². The second-order valence-corrected chi connectivity index (χ2v) is 6.02. The molecule has 1 aromatic carbocycles. The molecular formula is C15H21ClN2O. The molecule has 1 aromatic rings. The Hall–Kier alpha value is -1.22. The van der Waals surface area contributed by atoms with Crippen LogP contribution in [0.4, 0.5) is 4.79 Å². The van der Waals surface area contributed by atoms with E-state index >= 15 is 0 Å². The molecule has 2 N–H and O–H groups in total. The van der Waals surface area contributed by atoms with Crippen molar-refractivity contribution < 1.29 is 4.79 Å². The van der Waals surface area contributed by atoms with Crippen molar-refractivity contribution in [3.05, 3.63) is 34.3 Å². The van der Waals surface area contributed by atoms with Crippen LogP contribution in [0.25, 0.3) is 0 Å². The first-order valence-corrected chi connectivity index (χ1v) is 7.20. The molecule has 2 unspecified atom stereocenters. The molecule has 0 aliphatic heterocycles. The van der Waals surface area contributed by atoms with E-state index < -0.39 is 0 Å². The minimum absolute atomic E-state index is 0.0889. The number of carbonyl (C=O) groups is 1. The summed E-state index contributed by atoms with van der Waals surface area (Å²) in [6, 6.07) is 6.08. The lowest BCUT2D eigenvalue weighted by molar-refractivity contribution is 0.230. The third-order valence-corrected chi connectivity index (χ3v) is 4.08. The first-order chi connectivity index (χ1) is 8.97. The monoisotopic (exact) mass is 280 g/mol. The van der Waals surface area contributed by atoms with E-state index in [0.29, 0.717) is 5.92 Å². The lowest BCUT2D eigenvalue weighted by Gasteiger charge is -2.20. The zero-order valence-electron chi connectivity index (χ0n) is 11.7. The highest BCUT2D eigenvalue weighted by Crippen LogP contribution is 2.32. The number of fused-ring (bicyclic) bond motifs is 1. The highest BCUT2D eigenvalue weighted by Gasteiger charge is 2.24. The summed E-state index contributed by atoms with van der Waals surface area (Å²) in [5.74, 6) is 0.431. The highest BCUT2D eigenvalue weighted by molar-refractivity contribution is 6.30. The fraction of sp³-hybridized carbons (Fsp3) is 0.533. The van der Waals surface area contributed by atoms with Gasteiger partial charge < -0.3 is 10.6 Å². The van der Waals surface area contributed by atoms with Crippen molar-refractivity contribution in [1.29, 1.82) is 0 Å². The van der Waals surface area contributed by atoms with Crippen molar-refractivity contribution in [2.45, 2.75) is 45.7 Å². The van der Waals surface area contributed by atoms with Crippen molar-refractivity contribution in [3.8, 4) is 0 Å². The molecule has 1 aliphatic rings. The van der Waals surface area contributed by atoms with Crippen molar-refractivity contribution in [1.82, 2.24) is 10.6 Å². The summed E-state index contributed by atoms with van der Waals surface area (Å²) in [5.41, 5.74) is 2.44. The molecule has 0 heterocycles. The molecule has 0 radical (unpaired) electrons. The van der Waals surface area contributed by atoms with E-state index in [0.717, 1.165) is 17.9 Å². The lowest BCUT2D eigenvalue weighted by atomic mass is 10.1. The number of nitrogens with one attached hydrogen (secondary N) is 2. The van der Waals surface area contributed by atoms with Gasteiger partial charge in [0.05, 0.1) is 6.04 Å². The quantitative estimate of drug-likeness (QED) is 0.871. The zero-order chi connectivity index (χ0) is 14.0. The summed E-state index contributed by atoms with van der Waals surface area (Å²) in [6.45, 7) is 6.21. The molecule has 1 aliphatic carbocycles. The summed E-state index contributed by atoms with van der Waals surface area (Å²) >= 11 is 5.98. The Morgan fingerprint density at radius 1 is 1.37 bits per heavy atom. The number of halogens is 1. The van der Waals surface area contributed by atoms with E-state index in [2.05, 4.69) is 24.5 Å². The van der Waals surface area contributed by atoms with Crippen LogP contribution < -0.4 is 10.6 Å². The van der Waals surface area contributed by atoms with Crippen molar-refractivity contribution >= 4 is 17.6 Å². The van der Waals surface area contributed by atoms with Gasteiger partial charge >= 0.3 is 6.03 Å². The topological polar surface area (TPSA) is 41.1 Å². The molecule has 0 aromatic heterocycles. The number of hydrogen-bond donors (Lipinski definition) is 2. The minimum Gasteiger partial charge on any atom is -0.335 e. The maximum atomic E-state index is 11.9. The van der Waals surface area contributed by atoms with Gasteiger partial charge in [-0.15, -0.1) is 0 Å². The molecule has 0 saturated heterocycles. The van der Waals surface area contributed by atoms with Crippen molar-refractivity contribution in [2.75, 3.05) is 0 Å². The smallest absolute Gasteiger partial charge is 0.315 e. The number of rotatable bonds is 3. The number of benzene rings is 1. The third kappa shape index (κ3) is 3.41. The van der Waals surface area contributed by atoms with Crippen LogP contribution in [0.5, 0.6) is 0 Å². The van der Waals surface area contributed by atoms with Gasteiger partial charge in [-0.05, 0) is 48.9 Å². The average Bonchev–Trinajstić information content (AvgIpc) is 2.71. The number of urea groups is 1. The molecule has 3 nitrogen and oxygen atoms in total. The minimum atomic E-state index is -0.0889. The summed E-state index contributed by atoms with van der Waals surface area (Å²) in [6.07, 6.45) is 1.92. The molecule has 0 bridgehead atoms. The van der Waals surface area contributed by atoms with E-state index in [9.17, 15) is 4.79 Å². The van der Waals surface area contributed by atoms with Gasteiger partial charge in [-0.3, -0.25) is 0 Å². The number of aryl methyl sites for hydroxylation is 1. The molecule has 0 spiro atoms. The summed E-state index contributed by atoms with van der Waals surface area (Å²) in [5, 5.41) is 6.78. The predicted molar refractivity (Wildman–Crippen MR) is 78.5 cm³/mol. The van der Waals surface area contributed by atoms with Crippen LogP contribution in [0, 0.1) is 5.92 Å². The maximum absolute atomic E-state index is 11.9. The van der Waals surface area contributed by atoms with E-state index in [4.69, 9.17) is 11.6 Å². The molecule has 0 saturated carbocycles. The number of carbonyl (C=O) groups excluding carboxylic acids is 1. The Kier molecular flexibility index (Phi) is 4.35. The van der Waals surface area contributed by atoms with Gasteiger partial charge in [0, 0.05) is 11.1 Å². The fourth-order valence-electron chi connectivity index (χ4n) is 2.31. The Morgan fingerprint density at radius 2 is 2.11 bits per heavy atom. The molecule has 104 valence electrons. The van der Waals surface area contributed by atoms with E-state index in [1.54, 1.807) is 0 Å². The second-order valence-electron chi connectivity index (χ2n) is 5.58. The first kappa shape index (κ1) is 14.2. The van der Waals surface area contributed by atoms with Gasteiger partial charge in [0.1, 0.15) is 0 Å². The molecule has 2 rings (SSSR count). The summed E-state index contributed by atoms with van der Waals surface area (Å²) in [7, 11) is 0. The third-order valence-electron chi connectivity index (χ3n) is 3.85. The predicted octanol–water partition coefficient (Wildman–Crippen LogP) is 3.67. The van der Waals surface area contributed by atoms with Crippen LogP contribution in [0.2, 0.25) is 5.02 Å². The van der Waals surface area contributed by atoms with E-state index in [1.807, 2.05) is 25.1 Å². The largest absolute Gasteiger partial charge is 0.335 e. The van der Waals surface area contributed by atoms with Gasteiger partial charge in [0.15, 0.2) is 0 Å². The normalized spacial score (nSPS) is 19.1. The summed E-state index contributed by atoms with van der Waals surface area (Å²) in [4.78, 5) is 11.9. The van der Waals surface area contributed by atoms with Crippen LogP contribution in [0.15, 0.2) is 18.2 Å². The molecule has 2 atom stereocenters. The average molecular weight is 281 g/mol. The highest BCUT2D eigenvalue weighted by atomic mass is 35.5. The van der Waals surface area contributed by atoms with Gasteiger partial charge in [-0.1, -0.05) is 31.5 Å². The van der Waals surface area contributed by atoms with Crippen LogP contribution in [0.1, 0.15) is 44.4 Å². The van der Waals surface area contributed by atoms with Crippen LogP contribution in [-0.4, -0.2) is 12.1 Å². The lowest BCUT2D eigenvalue weighted by Crippen LogP contribution is -2.43. The fourth-order valence-corrected chi connectivity index (χ4v) is 2.50. The zero-order valence-corrected chi connectivity index (χ0v) is 12.4. The standard InChI is InChI=1S/C15H21ClN2O/c1-9(2)10(3)17-15(19)18-14-7-4-11-8-12(16)5-6-13(11)14/h5-6,8-10,14H,4,7H2,1-3H3,(H2,17,18,19). The first-order valence-electron chi connectivity index (χ1n) is 6.82. The van der Waals surface area contributed by atoms with Crippen LogP contribution in [0.3, 0.4) is 0 Å². The summed E-state index contributed by atoms with van der Waals surface area (Å²) < 4.78 is 0. The Morgan fingerprint density at radius 3 is 2.79 bits per heavy atom. The molecule has 19 heavy (non-hydrogen) atoms. The van der Waals surface area contributed by atoms with Gasteiger partial charge in [-0.2, -0.15) is 0 Å². The molecule has 4 heteroatoms. The van der Waals surface area contributed by atoms with E-state index in [1.165, 1.54) is 11.1 Å². The SMILES string of the molecule is CC(C)C(C)NC(=O)NC1CCc2cc(Cl)ccc21. The van der Waals surface area contributed by atoms with Gasteiger partial charge in [0.2, 0.25) is 0 Å². The van der Waals surface area contributed by atoms with E-state index in [-0.39, 0.29) is 18.1 Å². The molecule has 2 amide bonds. The number of amides is 2. The number of hydrogen-bond acceptors (Lipinski definition) is 1. The van der Waals surface area contributed by atoms with Crippen molar-refractivity contribution in [3.63, 3.8) is 0 Å². The van der Waals surface area contributed by atoms with Crippen LogP contribution in [-0.2, 0) is 6.42 Å². The Bertz CT molecular complexity index is 473. The Labute approximate surface area is 119 Å². The van der Waals surface area contributed by atoms with Gasteiger partial charge in [-0.25, -0.2) is 4.79 Å². The van der Waals surface area contributed by atoms with Crippen LogP contribution >= 0.6 is 11.6 Å². The molecule has 0 fully saturated rings. The molecular weight excluding hydrogens is 260 g/mol. The second kappa shape index (κ2) is 5.83. The Balaban J connectivity index is 1.97. The maximum Gasteiger partial charge on any atom is 0.315 e.